The van der Waals surface area contributed by atoms with E-state index in [1.807, 2.05) is 60.7 Å². The lowest BCUT2D eigenvalue weighted by molar-refractivity contribution is -0.117. The molecule has 6 nitrogen and oxygen atoms in total. The van der Waals surface area contributed by atoms with E-state index >= 15 is 0 Å². The number of aromatic nitrogens is 2. The molecule has 0 unspecified atom stereocenters. The molecule has 0 fully saturated rings. The zero-order valence-electron chi connectivity index (χ0n) is 15.9. The molecule has 0 aliphatic heterocycles. The van der Waals surface area contributed by atoms with E-state index in [0.29, 0.717) is 6.54 Å². The van der Waals surface area contributed by atoms with Gasteiger partial charge in [0.2, 0.25) is 5.91 Å². The van der Waals surface area contributed by atoms with Crippen molar-refractivity contribution in [3.63, 3.8) is 0 Å². The Labute approximate surface area is 181 Å². The minimum atomic E-state index is -0.516. The summed E-state index contributed by atoms with van der Waals surface area (Å²) in [4.78, 5) is 33.8. The molecule has 3 amide bonds. The molecule has 2 aromatic heterocycles. The van der Waals surface area contributed by atoms with Crippen molar-refractivity contribution in [1.82, 2.24) is 20.6 Å². The second-order valence-electron chi connectivity index (χ2n) is 6.38. The number of benzene rings is 2. The van der Waals surface area contributed by atoms with E-state index in [0.717, 1.165) is 31.9 Å². The third kappa shape index (κ3) is 4.84. The maximum absolute atomic E-state index is 12.2. The third-order valence-electron chi connectivity index (χ3n) is 4.31. The Balaban J connectivity index is 1.39. The standard InChI is InChI=1S/C22H18N4O2S2/c27-18(26-22(28)23-11-15-7-3-1-4-8-15)13-30-21-19-17(16-9-5-2-6-10-16)12-29-20(19)24-14-25-21/h1-10,12,14H,11,13H2,(H2,23,26,27,28). The fourth-order valence-corrected chi connectivity index (χ4v) is 4.70. The van der Waals surface area contributed by atoms with Gasteiger partial charge in [-0.1, -0.05) is 72.4 Å². The Morgan fingerprint density at radius 1 is 0.967 bits per heavy atom. The lowest BCUT2D eigenvalue weighted by Gasteiger charge is -2.07. The zero-order chi connectivity index (χ0) is 20.8. The molecule has 8 heteroatoms. The summed E-state index contributed by atoms with van der Waals surface area (Å²) in [6, 6.07) is 19.0. The number of thiophene rings is 1. The van der Waals surface area contributed by atoms with Gasteiger partial charge in [0.05, 0.1) is 11.1 Å². The second-order valence-corrected chi connectivity index (χ2v) is 8.20. The number of nitrogens with zero attached hydrogens (tertiary/aromatic N) is 2. The Bertz CT molecular complexity index is 1160. The SMILES string of the molecule is O=C(CSc1ncnc2scc(-c3ccccc3)c12)NC(=O)NCc1ccccc1. The fraction of sp³-hybridized carbons (Fsp3) is 0.0909. The van der Waals surface area contributed by atoms with Gasteiger partial charge >= 0.3 is 6.03 Å². The van der Waals surface area contributed by atoms with Crippen LogP contribution in [-0.4, -0.2) is 27.7 Å². The Morgan fingerprint density at radius 3 is 2.47 bits per heavy atom. The van der Waals surface area contributed by atoms with E-state index in [9.17, 15) is 9.59 Å². The van der Waals surface area contributed by atoms with Gasteiger partial charge in [0.25, 0.3) is 0 Å². The Morgan fingerprint density at radius 2 is 1.70 bits per heavy atom. The van der Waals surface area contributed by atoms with Crippen molar-refractivity contribution in [2.24, 2.45) is 0 Å². The maximum atomic E-state index is 12.2. The van der Waals surface area contributed by atoms with Gasteiger partial charge in [-0.25, -0.2) is 14.8 Å². The minimum absolute atomic E-state index is 0.0783. The first kappa shape index (κ1) is 20.1. The van der Waals surface area contributed by atoms with Crippen LogP contribution in [0.4, 0.5) is 4.79 Å². The van der Waals surface area contributed by atoms with Gasteiger partial charge in [-0.05, 0) is 11.1 Å². The van der Waals surface area contributed by atoms with Crippen molar-refractivity contribution in [1.29, 1.82) is 0 Å². The smallest absolute Gasteiger partial charge is 0.321 e. The first-order valence-corrected chi connectivity index (χ1v) is 11.1. The summed E-state index contributed by atoms with van der Waals surface area (Å²) in [7, 11) is 0. The van der Waals surface area contributed by atoms with Crippen molar-refractivity contribution in [2.75, 3.05) is 5.75 Å². The van der Waals surface area contributed by atoms with Crippen molar-refractivity contribution < 1.29 is 9.59 Å². The molecule has 0 atom stereocenters. The Kier molecular flexibility index (Phi) is 6.36. The van der Waals surface area contributed by atoms with Gasteiger partial charge < -0.3 is 5.32 Å². The molecule has 30 heavy (non-hydrogen) atoms. The first-order valence-electron chi connectivity index (χ1n) is 9.23. The van der Waals surface area contributed by atoms with E-state index in [4.69, 9.17) is 0 Å². The van der Waals surface area contributed by atoms with Crippen molar-refractivity contribution in [3.05, 3.63) is 77.9 Å². The third-order valence-corrected chi connectivity index (χ3v) is 6.18. The highest BCUT2D eigenvalue weighted by molar-refractivity contribution is 8.00. The number of carbonyl (C=O) groups is 2. The number of imide groups is 1. The molecular weight excluding hydrogens is 416 g/mol. The summed E-state index contributed by atoms with van der Waals surface area (Å²) in [5, 5.41) is 8.74. The minimum Gasteiger partial charge on any atom is -0.334 e. The number of hydrogen-bond acceptors (Lipinski definition) is 6. The molecule has 0 aliphatic carbocycles. The topological polar surface area (TPSA) is 84.0 Å². The number of hydrogen-bond donors (Lipinski definition) is 2. The second kappa shape index (κ2) is 9.51. The normalized spacial score (nSPS) is 10.7. The average Bonchev–Trinajstić information content (AvgIpc) is 3.22. The maximum Gasteiger partial charge on any atom is 0.321 e. The number of amides is 3. The van der Waals surface area contributed by atoms with Crippen LogP contribution >= 0.6 is 23.1 Å². The van der Waals surface area contributed by atoms with Gasteiger partial charge in [-0.2, -0.15) is 0 Å². The van der Waals surface area contributed by atoms with Crippen molar-refractivity contribution >= 4 is 45.3 Å². The molecule has 4 rings (SSSR count). The lowest BCUT2D eigenvalue weighted by Crippen LogP contribution is -2.39. The number of thioether (sulfide) groups is 1. The summed E-state index contributed by atoms with van der Waals surface area (Å²) >= 11 is 2.83. The predicted molar refractivity (Wildman–Crippen MR) is 120 cm³/mol. The first-order chi connectivity index (χ1) is 14.7. The quantitative estimate of drug-likeness (QED) is 0.345. The van der Waals surface area contributed by atoms with Crippen LogP contribution in [-0.2, 0) is 11.3 Å². The summed E-state index contributed by atoms with van der Waals surface area (Å²) in [5.74, 6) is -0.302. The molecule has 2 heterocycles. The van der Waals surface area contributed by atoms with Crippen LogP contribution in [0.5, 0.6) is 0 Å². The number of fused-ring (bicyclic) bond motifs is 1. The number of nitrogens with one attached hydrogen (secondary N) is 2. The largest absolute Gasteiger partial charge is 0.334 e. The highest BCUT2D eigenvalue weighted by atomic mass is 32.2. The van der Waals surface area contributed by atoms with Gasteiger partial charge in [-0.3, -0.25) is 10.1 Å². The average molecular weight is 435 g/mol. The summed E-state index contributed by atoms with van der Waals surface area (Å²) in [6.07, 6.45) is 1.50. The molecule has 0 saturated heterocycles. The molecule has 0 aliphatic rings. The van der Waals surface area contributed by atoms with Crippen LogP contribution in [0.2, 0.25) is 0 Å². The van der Waals surface area contributed by atoms with Gasteiger partial charge in [-0.15, -0.1) is 11.3 Å². The Hall–Kier alpha value is -3.23. The number of rotatable bonds is 6. The van der Waals surface area contributed by atoms with E-state index < -0.39 is 6.03 Å². The van der Waals surface area contributed by atoms with Crippen LogP contribution in [0.3, 0.4) is 0 Å². The van der Waals surface area contributed by atoms with Gasteiger partial charge in [0, 0.05) is 17.5 Å². The molecule has 2 aromatic carbocycles. The lowest BCUT2D eigenvalue weighted by atomic mass is 10.1. The molecular formula is C22H18N4O2S2. The molecule has 0 saturated carbocycles. The highest BCUT2D eigenvalue weighted by Gasteiger charge is 2.15. The monoisotopic (exact) mass is 434 g/mol. The zero-order valence-corrected chi connectivity index (χ0v) is 17.5. The van der Waals surface area contributed by atoms with E-state index in [-0.39, 0.29) is 11.7 Å². The van der Waals surface area contributed by atoms with Crippen LogP contribution in [0.25, 0.3) is 21.3 Å². The van der Waals surface area contributed by atoms with Crippen molar-refractivity contribution in [2.45, 2.75) is 11.6 Å². The highest BCUT2D eigenvalue weighted by Crippen LogP contribution is 2.37. The fourth-order valence-electron chi connectivity index (χ4n) is 2.91. The summed E-state index contributed by atoms with van der Waals surface area (Å²) in [6.45, 7) is 0.356. The molecule has 0 spiro atoms. The van der Waals surface area contributed by atoms with Gasteiger partial charge in [0.15, 0.2) is 0 Å². The molecule has 4 aromatic rings. The molecule has 150 valence electrons. The molecule has 0 bridgehead atoms. The van der Waals surface area contributed by atoms with E-state index in [2.05, 4.69) is 26.0 Å². The van der Waals surface area contributed by atoms with E-state index in [1.165, 1.54) is 18.1 Å². The van der Waals surface area contributed by atoms with E-state index in [1.54, 1.807) is 11.3 Å². The predicted octanol–water partition coefficient (Wildman–Crippen LogP) is 4.48. The van der Waals surface area contributed by atoms with Crippen LogP contribution in [0, 0.1) is 0 Å². The van der Waals surface area contributed by atoms with Gasteiger partial charge in [0.1, 0.15) is 16.2 Å². The number of urea groups is 1. The van der Waals surface area contributed by atoms with Crippen LogP contribution in [0.15, 0.2) is 77.4 Å². The summed E-state index contributed by atoms with van der Waals surface area (Å²) < 4.78 is 0. The summed E-state index contributed by atoms with van der Waals surface area (Å²) in [5.41, 5.74) is 3.08. The van der Waals surface area contributed by atoms with Crippen LogP contribution in [0.1, 0.15) is 5.56 Å². The van der Waals surface area contributed by atoms with Crippen molar-refractivity contribution in [3.8, 4) is 11.1 Å². The number of carbonyl (C=O) groups excluding carboxylic acids is 2. The molecule has 2 N–H and O–H groups in total. The van der Waals surface area contributed by atoms with Crippen LogP contribution < -0.4 is 10.6 Å². The molecule has 0 radical (unpaired) electrons.